The lowest BCUT2D eigenvalue weighted by atomic mass is 9.86. The summed E-state index contributed by atoms with van der Waals surface area (Å²) in [5, 5.41) is 12.4. The van der Waals surface area contributed by atoms with Crippen molar-refractivity contribution in [1.29, 1.82) is 0 Å². The van der Waals surface area contributed by atoms with E-state index in [9.17, 15) is 4.79 Å². The highest BCUT2D eigenvalue weighted by Crippen LogP contribution is 2.27. The van der Waals surface area contributed by atoms with Crippen LogP contribution in [0.1, 0.15) is 25.7 Å². The number of rotatable bonds is 3. The van der Waals surface area contributed by atoms with Gasteiger partial charge in [0.05, 0.1) is 5.92 Å². The first-order chi connectivity index (χ1) is 9.22. The first-order valence-corrected chi connectivity index (χ1v) is 6.55. The van der Waals surface area contributed by atoms with Crippen LogP contribution in [0.3, 0.4) is 0 Å². The van der Waals surface area contributed by atoms with E-state index in [1.54, 1.807) is 0 Å². The van der Waals surface area contributed by atoms with Gasteiger partial charge in [-0.25, -0.2) is 4.98 Å². The number of carboxylic acid groups (broad SMARTS) is 1. The van der Waals surface area contributed by atoms with Gasteiger partial charge in [0, 0.05) is 17.8 Å². The molecule has 5 heteroatoms. The van der Waals surface area contributed by atoms with Gasteiger partial charge in [-0.2, -0.15) is 0 Å². The van der Waals surface area contributed by atoms with E-state index in [4.69, 9.17) is 9.52 Å². The molecule has 19 heavy (non-hydrogen) atoms. The van der Waals surface area contributed by atoms with Crippen molar-refractivity contribution < 1.29 is 14.3 Å². The van der Waals surface area contributed by atoms with Crippen LogP contribution in [-0.2, 0) is 4.79 Å². The van der Waals surface area contributed by atoms with Crippen LogP contribution in [0.5, 0.6) is 0 Å². The number of fused-ring (bicyclic) bond motifs is 1. The van der Waals surface area contributed by atoms with Gasteiger partial charge in [-0.1, -0.05) is 0 Å². The number of hydrogen-bond acceptors (Lipinski definition) is 4. The van der Waals surface area contributed by atoms with E-state index in [1.165, 1.54) is 6.39 Å². The molecule has 1 aromatic carbocycles. The van der Waals surface area contributed by atoms with E-state index in [1.807, 2.05) is 18.2 Å². The summed E-state index contributed by atoms with van der Waals surface area (Å²) in [6.07, 6.45) is 4.72. The molecule has 1 fully saturated rings. The molecule has 2 aromatic rings. The monoisotopic (exact) mass is 260 g/mol. The minimum Gasteiger partial charge on any atom is -0.481 e. The molecule has 0 aliphatic heterocycles. The van der Waals surface area contributed by atoms with Crippen molar-refractivity contribution >= 4 is 22.8 Å². The summed E-state index contributed by atoms with van der Waals surface area (Å²) in [7, 11) is 0. The molecule has 0 unspecified atom stereocenters. The predicted octanol–water partition coefficient (Wildman–Crippen LogP) is 2.88. The van der Waals surface area contributed by atoms with Crippen molar-refractivity contribution in [3.63, 3.8) is 0 Å². The number of anilines is 1. The molecule has 0 spiro atoms. The Balaban J connectivity index is 1.64. The van der Waals surface area contributed by atoms with Crippen LogP contribution in [0, 0.1) is 5.92 Å². The fourth-order valence-electron chi connectivity index (χ4n) is 2.67. The molecule has 0 bridgehead atoms. The number of benzene rings is 1. The predicted molar refractivity (Wildman–Crippen MR) is 71.0 cm³/mol. The number of hydrogen-bond donors (Lipinski definition) is 2. The molecule has 100 valence electrons. The number of oxazole rings is 1. The third kappa shape index (κ3) is 2.54. The van der Waals surface area contributed by atoms with Crippen molar-refractivity contribution in [3.05, 3.63) is 24.6 Å². The van der Waals surface area contributed by atoms with E-state index < -0.39 is 5.97 Å². The highest BCUT2D eigenvalue weighted by molar-refractivity contribution is 5.76. The number of nitrogens with one attached hydrogen (secondary N) is 1. The van der Waals surface area contributed by atoms with Crippen molar-refractivity contribution in [2.75, 3.05) is 5.32 Å². The third-order valence-corrected chi connectivity index (χ3v) is 3.78. The topological polar surface area (TPSA) is 75.4 Å². The Morgan fingerprint density at radius 1 is 1.32 bits per heavy atom. The molecule has 1 aliphatic carbocycles. The lowest BCUT2D eigenvalue weighted by Gasteiger charge is -2.27. The molecule has 0 radical (unpaired) electrons. The lowest BCUT2D eigenvalue weighted by molar-refractivity contribution is -0.142. The van der Waals surface area contributed by atoms with E-state index in [0.717, 1.165) is 42.5 Å². The minimum atomic E-state index is -0.665. The van der Waals surface area contributed by atoms with Crippen LogP contribution in [-0.4, -0.2) is 22.1 Å². The number of carboxylic acids is 1. The van der Waals surface area contributed by atoms with Gasteiger partial charge in [0.15, 0.2) is 12.0 Å². The molecule has 1 aromatic heterocycles. The molecular weight excluding hydrogens is 244 g/mol. The molecule has 2 N–H and O–H groups in total. The van der Waals surface area contributed by atoms with Crippen molar-refractivity contribution in [2.24, 2.45) is 5.92 Å². The molecule has 1 aliphatic rings. The summed E-state index contributed by atoms with van der Waals surface area (Å²) >= 11 is 0. The van der Waals surface area contributed by atoms with Gasteiger partial charge in [-0.15, -0.1) is 0 Å². The molecule has 0 saturated heterocycles. The fraction of sp³-hybridized carbons (Fsp3) is 0.429. The van der Waals surface area contributed by atoms with E-state index in [-0.39, 0.29) is 5.92 Å². The average molecular weight is 260 g/mol. The Morgan fingerprint density at radius 2 is 2.11 bits per heavy atom. The third-order valence-electron chi connectivity index (χ3n) is 3.78. The zero-order chi connectivity index (χ0) is 13.2. The molecule has 0 atom stereocenters. The molecule has 5 nitrogen and oxygen atoms in total. The van der Waals surface area contributed by atoms with Gasteiger partial charge in [0.2, 0.25) is 0 Å². The maximum absolute atomic E-state index is 10.9. The summed E-state index contributed by atoms with van der Waals surface area (Å²) in [5.74, 6) is -0.837. The minimum absolute atomic E-state index is 0.171. The average Bonchev–Trinajstić information content (AvgIpc) is 2.87. The van der Waals surface area contributed by atoms with Crippen molar-refractivity contribution in [2.45, 2.75) is 31.7 Å². The summed E-state index contributed by atoms with van der Waals surface area (Å²) in [6, 6.07) is 6.18. The Labute approximate surface area is 110 Å². The maximum atomic E-state index is 10.9. The van der Waals surface area contributed by atoms with E-state index in [0.29, 0.717) is 6.04 Å². The first-order valence-electron chi connectivity index (χ1n) is 6.55. The van der Waals surface area contributed by atoms with E-state index in [2.05, 4.69) is 10.3 Å². The number of nitrogens with zero attached hydrogens (tertiary/aromatic N) is 1. The van der Waals surface area contributed by atoms with Gasteiger partial charge >= 0.3 is 5.97 Å². The second-order valence-electron chi connectivity index (χ2n) is 5.07. The largest absolute Gasteiger partial charge is 0.481 e. The standard InChI is InChI=1S/C14H16N2O3/c17-14(18)9-1-3-10(4-2-9)16-11-5-6-12-13(7-11)19-8-15-12/h5-10,16H,1-4H2,(H,17,18). The molecule has 1 saturated carbocycles. The van der Waals surface area contributed by atoms with Gasteiger partial charge < -0.3 is 14.8 Å². The van der Waals surface area contributed by atoms with Crippen molar-refractivity contribution in [3.8, 4) is 0 Å². The van der Waals surface area contributed by atoms with E-state index >= 15 is 0 Å². The van der Waals surface area contributed by atoms with Crippen LogP contribution in [0.4, 0.5) is 5.69 Å². The first kappa shape index (κ1) is 12.0. The van der Waals surface area contributed by atoms with Gasteiger partial charge in [-0.05, 0) is 37.8 Å². The highest BCUT2D eigenvalue weighted by Gasteiger charge is 2.25. The van der Waals surface area contributed by atoms with Gasteiger partial charge in [0.25, 0.3) is 0 Å². The Bertz CT molecular complexity index is 585. The highest BCUT2D eigenvalue weighted by atomic mass is 16.4. The maximum Gasteiger partial charge on any atom is 0.306 e. The second kappa shape index (κ2) is 4.91. The zero-order valence-electron chi connectivity index (χ0n) is 10.5. The molecule has 0 amide bonds. The Morgan fingerprint density at radius 3 is 2.84 bits per heavy atom. The van der Waals surface area contributed by atoms with Crippen LogP contribution < -0.4 is 5.32 Å². The van der Waals surface area contributed by atoms with Crippen LogP contribution >= 0.6 is 0 Å². The number of carbonyl (C=O) groups is 1. The summed E-state index contributed by atoms with van der Waals surface area (Å²) < 4.78 is 5.27. The summed E-state index contributed by atoms with van der Waals surface area (Å²) in [6.45, 7) is 0. The molecule has 1 heterocycles. The van der Waals surface area contributed by atoms with Crippen LogP contribution in [0.2, 0.25) is 0 Å². The fourth-order valence-corrected chi connectivity index (χ4v) is 2.67. The second-order valence-corrected chi connectivity index (χ2v) is 5.07. The lowest BCUT2D eigenvalue weighted by Crippen LogP contribution is -2.29. The smallest absolute Gasteiger partial charge is 0.306 e. The Kier molecular flexibility index (Phi) is 3.11. The summed E-state index contributed by atoms with van der Waals surface area (Å²) in [4.78, 5) is 15.0. The van der Waals surface area contributed by atoms with Crippen LogP contribution in [0.15, 0.2) is 29.0 Å². The normalized spacial score (nSPS) is 23.4. The van der Waals surface area contributed by atoms with Crippen LogP contribution in [0.25, 0.3) is 11.1 Å². The number of aromatic nitrogens is 1. The van der Waals surface area contributed by atoms with Gasteiger partial charge in [-0.3, -0.25) is 4.79 Å². The molecule has 3 rings (SSSR count). The van der Waals surface area contributed by atoms with Gasteiger partial charge in [0.1, 0.15) is 5.52 Å². The zero-order valence-corrected chi connectivity index (χ0v) is 10.5. The van der Waals surface area contributed by atoms with Crippen molar-refractivity contribution in [1.82, 2.24) is 4.98 Å². The quantitative estimate of drug-likeness (QED) is 0.887. The SMILES string of the molecule is O=C(O)C1CCC(Nc2ccc3ncoc3c2)CC1. The Hall–Kier alpha value is -2.04. The molecular formula is C14H16N2O3. The number of aliphatic carboxylic acids is 1. The summed E-state index contributed by atoms with van der Waals surface area (Å²) in [5.41, 5.74) is 2.62.